The third kappa shape index (κ3) is 2.49. The summed E-state index contributed by atoms with van der Waals surface area (Å²) in [5.74, 6) is 1.56. The standard InChI is InChI=1S/C13H16ClN3O/c1-8-13(17-12(16-8)5-6-15)9-3-4-11(18-2)10(14)7-9/h3-4,7H,5-6,15H2,1-2H3,(H,16,17). The summed E-state index contributed by atoms with van der Waals surface area (Å²) in [6.07, 6.45) is 0.741. The SMILES string of the molecule is COc1ccc(-c2nc(CCN)[nH]c2C)cc1Cl. The second-order valence-corrected chi connectivity index (χ2v) is 4.45. The number of hydrogen-bond donors (Lipinski definition) is 2. The molecule has 0 radical (unpaired) electrons. The Kier molecular flexibility index (Phi) is 3.89. The lowest BCUT2D eigenvalue weighted by atomic mass is 10.1. The van der Waals surface area contributed by atoms with E-state index in [-0.39, 0.29) is 0 Å². The molecule has 0 fully saturated rings. The molecule has 1 aromatic carbocycles. The van der Waals surface area contributed by atoms with E-state index in [1.807, 2.05) is 25.1 Å². The number of halogens is 1. The van der Waals surface area contributed by atoms with Crippen LogP contribution in [0.4, 0.5) is 0 Å². The van der Waals surface area contributed by atoms with Crippen LogP contribution in [0.1, 0.15) is 11.5 Å². The predicted octanol–water partition coefficient (Wildman–Crippen LogP) is 2.55. The average Bonchev–Trinajstić information content (AvgIpc) is 2.71. The van der Waals surface area contributed by atoms with E-state index >= 15 is 0 Å². The minimum Gasteiger partial charge on any atom is -0.495 e. The Balaban J connectivity index is 2.39. The number of ether oxygens (including phenoxy) is 1. The van der Waals surface area contributed by atoms with E-state index in [1.165, 1.54) is 0 Å². The minimum atomic E-state index is 0.579. The van der Waals surface area contributed by atoms with E-state index in [2.05, 4.69) is 9.97 Å². The van der Waals surface area contributed by atoms with Crippen LogP contribution in [0.25, 0.3) is 11.3 Å². The zero-order valence-corrected chi connectivity index (χ0v) is 11.2. The van der Waals surface area contributed by atoms with Crippen LogP contribution in [0, 0.1) is 6.92 Å². The first kappa shape index (κ1) is 12.9. The molecule has 0 unspecified atom stereocenters. The molecule has 0 saturated heterocycles. The summed E-state index contributed by atoms with van der Waals surface area (Å²) in [7, 11) is 1.60. The van der Waals surface area contributed by atoms with Gasteiger partial charge in [0.05, 0.1) is 17.8 Å². The van der Waals surface area contributed by atoms with Gasteiger partial charge in [0.15, 0.2) is 0 Å². The van der Waals surface area contributed by atoms with Crippen LogP contribution in [0.2, 0.25) is 5.02 Å². The molecule has 0 spiro atoms. The molecule has 2 aromatic rings. The van der Waals surface area contributed by atoms with Crippen LogP contribution in [0.3, 0.4) is 0 Å². The van der Waals surface area contributed by atoms with Gasteiger partial charge in [-0.3, -0.25) is 0 Å². The lowest BCUT2D eigenvalue weighted by molar-refractivity contribution is 0.415. The first-order chi connectivity index (χ1) is 8.65. The summed E-state index contributed by atoms with van der Waals surface area (Å²) < 4.78 is 5.13. The van der Waals surface area contributed by atoms with Crippen LogP contribution in [-0.4, -0.2) is 23.6 Å². The molecular formula is C13H16ClN3O. The van der Waals surface area contributed by atoms with Crippen molar-refractivity contribution in [3.05, 3.63) is 34.7 Å². The fraction of sp³-hybridized carbons (Fsp3) is 0.308. The smallest absolute Gasteiger partial charge is 0.137 e. The van der Waals surface area contributed by atoms with Crippen LogP contribution in [0.5, 0.6) is 5.75 Å². The summed E-state index contributed by atoms with van der Waals surface area (Å²) in [6.45, 7) is 2.57. The number of nitrogens with zero attached hydrogens (tertiary/aromatic N) is 1. The van der Waals surface area contributed by atoms with Crippen molar-refractivity contribution in [1.29, 1.82) is 0 Å². The van der Waals surface area contributed by atoms with E-state index in [0.717, 1.165) is 29.2 Å². The van der Waals surface area contributed by atoms with E-state index in [9.17, 15) is 0 Å². The van der Waals surface area contributed by atoms with Gasteiger partial charge in [-0.1, -0.05) is 11.6 Å². The first-order valence-corrected chi connectivity index (χ1v) is 6.13. The summed E-state index contributed by atoms with van der Waals surface area (Å²) in [4.78, 5) is 7.76. The zero-order chi connectivity index (χ0) is 13.1. The maximum Gasteiger partial charge on any atom is 0.137 e. The quantitative estimate of drug-likeness (QED) is 0.893. The highest BCUT2D eigenvalue weighted by atomic mass is 35.5. The van der Waals surface area contributed by atoms with Crippen molar-refractivity contribution < 1.29 is 4.74 Å². The second kappa shape index (κ2) is 5.42. The maximum atomic E-state index is 6.12. The number of H-pyrrole nitrogens is 1. The Labute approximate surface area is 111 Å². The first-order valence-electron chi connectivity index (χ1n) is 5.75. The number of aromatic nitrogens is 2. The van der Waals surface area contributed by atoms with Crippen LogP contribution in [-0.2, 0) is 6.42 Å². The molecule has 0 bridgehead atoms. The molecule has 2 rings (SSSR count). The molecule has 18 heavy (non-hydrogen) atoms. The number of nitrogens with two attached hydrogens (primary N) is 1. The molecule has 0 saturated carbocycles. The van der Waals surface area contributed by atoms with E-state index in [0.29, 0.717) is 17.3 Å². The maximum absolute atomic E-state index is 6.12. The van der Waals surface area contributed by atoms with Crippen molar-refractivity contribution in [3.8, 4) is 17.0 Å². The number of aromatic amines is 1. The van der Waals surface area contributed by atoms with Gasteiger partial charge >= 0.3 is 0 Å². The summed E-state index contributed by atoms with van der Waals surface area (Å²) in [5.41, 5.74) is 8.41. The van der Waals surface area contributed by atoms with E-state index in [1.54, 1.807) is 7.11 Å². The molecular weight excluding hydrogens is 250 g/mol. The van der Waals surface area contributed by atoms with Gasteiger partial charge in [-0.05, 0) is 31.7 Å². The van der Waals surface area contributed by atoms with Gasteiger partial charge in [-0.2, -0.15) is 0 Å². The Morgan fingerprint density at radius 1 is 1.44 bits per heavy atom. The van der Waals surface area contributed by atoms with Crippen molar-refractivity contribution >= 4 is 11.6 Å². The largest absolute Gasteiger partial charge is 0.495 e. The minimum absolute atomic E-state index is 0.579. The number of aryl methyl sites for hydroxylation is 1. The molecule has 96 valence electrons. The third-order valence-electron chi connectivity index (χ3n) is 2.74. The Bertz CT molecular complexity index is 551. The van der Waals surface area contributed by atoms with Gasteiger partial charge in [0, 0.05) is 17.7 Å². The van der Waals surface area contributed by atoms with Crippen molar-refractivity contribution in [2.45, 2.75) is 13.3 Å². The molecule has 0 aliphatic carbocycles. The van der Waals surface area contributed by atoms with Crippen LogP contribution >= 0.6 is 11.6 Å². The highest BCUT2D eigenvalue weighted by molar-refractivity contribution is 6.32. The lowest BCUT2D eigenvalue weighted by Gasteiger charge is -2.04. The average molecular weight is 266 g/mol. The normalized spacial score (nSPS) is 10.7. The zero-order valence-electron chi connectivity index (χ0n) is 10.5. The molecule has 1 aromatic heterocycles. The highest BCUT2D eigenvalue weighted by Crippen LogP contribution is 2.30. The summed E-state index contributed by atoms with van der Waals surface area (Å²) in [6, 6.07) is 5.64. The van der Waals surface area contributed by atoms with Gasteiger partial charge in [0.2, 0.25) is 0 Å². The Morgan fingerprint density at radius 3 is 2.83 bits per heavy atom. The van der Waals surface area contributed by atoms with Crippen molar-refractivity contribution in [2.75, 3.05) is 13.7 Å². The van der Waals surface area contributed by atoms with Crippen molar-refractivity contribution in [1.82, 2.24) is 9.97 Å². The number of imidazole rings is 1. The lowest BCUT2D eigenvalue weighted by Crippen LogP contribution is -2.03. The van der Waals surface area contributed by atoms with Gasteiger partial charge in [0.1, 0.15) is 11.6 Å². The predicted molar refractivity (Wildman–Crippen MR) is 73.1 cm³/mol. The molecule has 3 N–H and O–H groups in total. The second-order valence-electron chi connectivity index (χ2n) is 4.05. The fourth-order valence-electron chi connectivity index (χ4n) is 1.87. The summed E-state index contributed by atoms with van der Waals surface area (Å²) >= 11 is 6.12. The van der Waals surface area contributed by atoms with Gasteiger partial charge in [-0.15, -0.1) is 0 Å². The third-order valence-corrected chi connectivity index (χ3v) is 3.04. The summed E-state index contributed by atoms with van der Waals surface area (Å²) in [5, 5.41) is 0.581. The Hall–Kier alpha value is -1.52. The number of methoxy groups -OCH3 is 1. The topological polar surface area (TPSA) is 63.9 Å². The number of benzene rings is 1. The monoisotopic (exact) mass is 265 g/mol. The molecule has 5 heteroatoms. The Morgan fingerprint density at radius 2 is 2.22 bits per heavy atom. The molecule has 4 nitrogen and oxygen atoms in total. The van der Waals surface area contributed by atoms with E-state index < -0.39 is 0 Å². The molecule has 0 amide bonds. The molecule has 0 atom stereocenters. The van der Waals surface area contributed by atoms with Gasteiger partial charge in [0.25, 0.3) is 0 Å². The highest BCUT2D eigenvalue weighted by Gasteiger charge is 2.10. The molecule has 1 heterocycles. The molecule has 0 aliphatic heterocycles. The number of nitrogens with one attached hydrogen (secondary N) is 1. The number of hydrogen-bond acceptors (Lipinski definition) is 3. The number of rotatable bonds is 4. The van der Waals surface area contributed by atoms with Crippen molar-refractivity contribution in [3.63, 3.8) is 0 Å². The van der Waals surface area contributed by atoms with Crippen molar-refractivity contribution in [2.24, 2.45) is 5.73 Å². The van der Waals surface area contributed by atoms with Gasteiger partial charge < -0.3 is 15.5 Å². The van der Waals surface area contributed by atoms with Crippen LogP contribution in [0.15, 0.2) is 18.2 Å². The van der Waals surface area contributed by atoms with E-state index in [4.69, 9.17) is 22.1 Å². The fourth-order valence-corrected chi connectivity index (χ4v) is 2.13. The van der Waals surface area contributed by atoms with Crippen LogP contribution < -0.4 is 10.5 Å². The molecule has 0 aliphatic rings. The van der Waals surface area contributed by atoms with Gasteiger partial charge in [-0.25, -0.2) is 4.98 Å².